The summed E-state index contributed by atoms with van der Waals surface area (Å²) in [5.74, 6) is 0. The van der Waals surface area contributed by atoms with E-state index in [4.69, 9.17) is 18.0 Å². The van der Waals surface area contributed by atoms with Gasteiger partial charge in [0, 0.05) is 5.69 Å². The Morgan fingerprint density at radius 1 is 1.53 bits per heavy atom. The minimum Gasteiger partial charge on any atom is -0.392 e. The number of hydrogen-bond donors (Lipinski definition) is 3. The van der Waals surface area contributed by atoms with Gasteiger partial charge in [-0.2, -0.15) is 0 Å². The molecule has 0 spiro atoms. The average molecular weight is 251 g/mol. The van der Waals surface area contributed by atoms with Gasteiger partial charge in [0.15, 0.2) is 0 Å². The highest BCUT2D eigenvalue weighted by Gasteiger charge is 2.12. The van der Waals surface area contributed by atoms with E-state index in [1.165, 1.54) is 0 Å². The Labute approximate surface area is 107 Å². The molecule has 1 aromatic carbocycles. The van der Waals surface area contributed by atoms with Gasteiger partial charge in [-0.05, 0) is 31.0 Å². The second-order valence-corrected chi connectivity index (χ2v) is 4.30. The summed E-state index contributed by atoms with van der Waals surface area (Å²) in [5, 5.41) is 5.45. The molecule has 1 rings (SSSR count). The van der Waals surface area contributed by atoms with Crippen molar-refractivity contribution in [1.29, 1.82) is 0 Å². The summed E-state index contributed by atoms with van der Waals surface area (Å²) in [6.45, 7) is 3.88. The van der Waals surface area contributed by atoms with Crippen molar-refractivity contribution in [3.8, 4) is 0 Å². The highest BCUT2D eigenvalue weighted by Crippen LogP contribution is 2.09. The molecule has 1 atom stereocenters. The van der Waals surface area contributed by atoms with E-state index < -0.39 is 0 Å². The number of carbonyl (C=O) groups excluding carboxylic acids is 1. The second kappa shape index (κ2) is 6.20. The summed E-state index contributed by atoms with van der Waals surface area (Å²) in [6, 6.07) is 7.00. The molecular weight excluding hydrogens is 234 g/mol. The molecule has 4 nitrogen and oxygen atoms in total. The number of thiocarbonyl (C=S) groups is 1. The largest absolute Gasteiger partial charge is 0.392 e. The maximum Gasteiger partial charge on any atom is 0.319 e. The third-order valence-electron chi connectivity index (χ3n) is 2.33. The van der Waals surface area contributed by atoms with E-state index in [2.05, 4.69) is 10.6 Å². The summed E-state index contributed by atoms with van der Waals surface area (Å²) >= 11 is 4.86. The van der Waals surface area contributed by atoms with Gasteiger partial charge in [0.1, 0.15) is 0 Å². The van der Waals surface area contributed by atoms with Crippen molar-refractivity contribution in [2.75, 3.05) is 5.32 Å². The maximum atomic E-state index is 11.7. The molecule has 0 saturated heterocycles. The van der Waals surface area contributed by atoms with Crippen molar-refractivity contribution in [2.45, 2.75) is 26.3 Å². The van der Waals surface area contributed by atoms with Crippen LogP contribution in [0.15, 0.2) is 24.3 Å². The summed E-state index contributed by atoms with van der Waals surface area (Å²) in [5.41, 5.74) is 7.34. The van der Waals surface area contributed by atoms with E-state index in [0.717, 1.165) is 11.3 Å². The summed E-state index contributed by atoms with van der Waals surface area (Å²) < 4.78 is 0. The molecule has 0 aliphatic rings. The minimum atomic E-state index is -0.296. The molecule has 4 N–H and O–H groups in total. The number of anilines is 1. The Balaban J connectivity index is 2.58. The number of nitrogens with one attached hydrogen (secondary N) is 2. The summed E-state index contributed by atoms with van der Waals surface area (Å²) in [4.78, 5) is 12.0. The molecule has 0 aromatic heterocycles. The molecule has 1 aromatic rings. The van der Waals surface area contributed by atoms with Crippen molar-refractivity contribution in [1.82, 2.24) is 5.32 Å². The van der Waals surface area contributed by atoms with E-state index >= 15 is 0 Å². The number of nitrogens with two attached hydrogens (primary N) is 1. The van der Waals surface area contributed by atoms with Crippen LogP contribution in [0.4, 0.5) is 10.5 Å². The van der Waals surface area contributed by atoms with Crippen LogP contribution in [0.2, 0.25) is 0 Å². The third-order valence-corrected chi connectivity index (χ3v) is 2.62. The van der Waals surface area contributed by atoms with Gasteiger partial charge in [0.2, 0.25) is 0 Å². The SMILES string of the molecule is CCC(NC(=O)Nc1cccc(C)c1)C(N)=S. The fourth-order valence-electron chi connectivity index (χ4n) is 1.42. The number of urea groups is 1. The molecule has 0 radical (unpaired) electrons. The Morgan fingerprint density at radius 2 is 2.24 bits per heavy atom. The van der Waals surface area contributed by atoms with Gasteiger partial charge in [-0.3, -0.25) is 0 Å². The van der Waals surface area contributed by atoms with Crippen molar-refractivity contribution in [3.63, 3.8) is 0 Å². The van der Waals surface area contributed by atoms with Gasteiger partial charge in [0.25, 0.3) is 0 Å². The molecule has 2 amide bonds. The molecular formula is C12H17N3OS. The van der Waals surface area contributed by atoms with Crippen LogP contribution in [0.5, 0.6) is 0 Å². The van der Waals surface area contributed by atoms with Crippen LogP contribution < -0.4 is 16.4 Å². The molecule has 0 bridgehead atoms. The Morgan fingerprint density at radius 3 is 2.76 bits per heavy atom. The Hall–Kier alpha value is -1.62. The van der Waals surface area contributed by atoms with Gasteiger partial charge in [0.05, 0.1) is 11.0 Å². The van der Waals surface area contributed by atoms with Gasteiger partial charge in [-0.25, -0.2) is 4.79 Å². The molecule has 0 aliphatic heterocycles. The number of rotatable bonds is 4. The highest BCUT2D eigenvalue weighted by atomic mass is 32.1. The van der Waals surface area contributed by atoms with Crippen LogP contribution in [0.25, 0.3) is 0 Å². The number of amides is 2. The van der Waals surface area contributed by atoms with Crippen LogP contribution >= 0.6 is 12.2 Å². The van der Waals surface area contributed by atoms with Crippen LogP contribution in [-0.4, -0.2) is 17.1 Å². The normalized spacial score (nSPS) is 11.6. The zero-order chi connectivity index (χ0) is 12.8. The van der Waals surface area contributed by atoms with E-state index in [1.54, 1.807) is 0 Å². The van der Waals surface area contributed by atoms with Crippen molar-refractivity contribution < 1.29 is 4.79 Å². The first-order valence-corrected chi connectivity index (χ1v) is 5.87. The fourth-order valence-corrected chi connectivity index (χ4v) is 1.65. The van der Waals surface area contributed by atoms with Crippen molar-refractivity contribution in [2.24, 2.45) is 5.73 Å². The van der Waals surface area contributed by atoms with Gasteiger partial charge in [-0.1, -0.05) is 31.3 Å². The van der Waals surface area contributed by atoms with Crippen LogP contribution in [-0.2, 0) is 0 Å². The van der Waals surface area contributed by atoms with E-state index in [0.29, 0.717) is 11.4 Å². The number of carbonyl (C=O) groups is 1. The predicted molar refractivity (Wildman–Crippen MR) is 74.2 cm³/mol. The fraction of sp³-hybridized carbons (Fsp3) is 0.333. The zero-order valence-electron chi connectivity index (χ0n) is 9.99. The summed E-state index contributed by atoms with van der Waals surface area (Å²) in [6.07, 6.45) is 0.677. The second-order valence-electron chi connectivity index (χ2n) is 3.83. The smallest absolute Gasteiger partial charge is 0.319 e. The number of benzene rings is 1. The lowest BCUT2D eigenvalue weighted by molar-refractivity contribution is 0.250. The van der Waals surface area contributed by atoms with Gasteiger partial charge in [-0.15, -0.1) is 0 Å². The monoisotopic (exact) mass is 251 g/mol. The molecule has 92 valence electrons. The lowest BCUT2D eigenvalue weighted by atomic mass is 10.2. The molecule has 1 unspecified atom stereocenters. The Bertz CT molecular complexity index is 420. The molecule has 5 heteroatoms. The summed E-state index contributed by atoms with van der Waals surface area (Å²) in [7, 11) is 0. The van der Waals surface area contributed by atoms with Gasteiger partial charge < -0.3 is 16.4 Å². The zero-order valence-corrected chi connectivity index (χ0v) is 10.8. The van der Waals surface area contributed by atoms with E-state index in [1.807, 2.05) is 38.1 Å². The highest BCUT2D eigenvalue weighted by molar-refractivity contribution is 7.80. The lowest BCUT2D eigenvalue weighted by Gasteiger charge is -2.16. The molecule has 0 heterocycles. The Kier molecular flexibility index (Phi) is 4.90. The first-order valence-electron chi connectivity index (χ1n) is 5.46. The van der Waals surface area contributed by atoms with E-state index in [-0.39, 0.29) is 12.1 Å². The molecule has 17 heavy (non-hydrogen) atoms. The van der Waals surface area contributed by atoms with E-state index in [9.17, 15) is 4.79 Å². The van der Waals surface area contributed by atoms with Crippen LogP contribution in [0.3, 0.4) is 0 Å². The number of aryl methyl sites for hydroxylation is 1. The van der Waals surface area contributed by atoms with Crippen LogP contribution in [0, 0.1) is 6.92 Å². The number of hydrogen-bond acceptors (Lipinski definition) is 2. The van der Waals surface area contributed by atoms with Crippen molar-refractivity contribution >= 4 is 28.9 Å². The molecule has 0 aliphatic carbocycles. The molecule has 0 fully saturated rings. The van der Waals surface area contributed by atoms with Gasteiger partial charge >= 0.3 is 6.03 Å². The standard InChI is InChI=1S/C12H17N3OS/c1-3-10(11(13)17)15-12(16)14-9-6-4-5-8(2)7-9/h4-7,10H,3H2,1-2H3,(H2,13,17)(H2,14,15,16). The van der Waals surface area contributed by atoms with Crippen LogP contribution in [0.1, 0.15) is 18.9 Å². The molecule has 0 saturated carbocycles. The first kappa shape index (κ1) is 13.4. The average Bonchev–Trinajstić information content (AvgIpc) is 2.25. The lowest BCUT2D eigenvalue weighted by Crippen LogP contribution is -2.44. The third kappa shape index (κ3) is 4.40. The predicted octanol–water partition coefficient (Wildman–Crippen LogP) is 2.18. The topological polar surface area (TPSA) is 67.2 Å². The maximum absolute atomic E-state index is 11.7. The minimum absolute atomic E-state index is 0.269. The first-order chi connectivity index (χ1) is 8.02. The quantitative estimate of drug-likeness (QED) is 0.718. The van der Waals surface area contributed by atoms with Crippen molar-refractivity contribution in [3.05, 3.63) is 29.8 Å².